The van der Waals surface area contributed by atoms with Crippen LogP contribution in [-0.2, 0) is 0 Å². The van der Waals surface area contributed by atoms with Crippen molar-refractivity contribution in [1.82, 2.24) is 4.98 Å². The summed E-state index contributed by atoms with van der Waals surface area (Å²) in [6, 6.07) is 28.2. The number of rotatable bonds is 6. The van der Waals surface area contributed by atoms with Gasteiger partial charge in [0.05, 0.1) is 5.69 Å². The molecule has 2 nitrogen and oxygen atoms in total. The fraction of sp³-hybridized carbons (Fsp3) is 0.276. The van der Waals surface area contributed by atoms with E-state index in [4.69, 9.17) is 4.98 Å². The summed E-state index contributed by atoms with van der Waals surface area (Å²) in [5.41, 5.74) is 6.33. The summed E-state index contributed by atoms with van der Waals surface area (Å²) in [6.07, 6.45) is 0. The van der Waals surface area contributed by atoms with Crippen molar-refractivity contribution in [2.24, 2.45) is 0 Å². The van der Waals surface area contributed by atoms with Gasteiger partial charge in [0.15, 0.2) is 8.24 Å². The molecule has 0 aliphatic carbocycles. The van der Waals surface area contributed by atoms with Crippen molar-refractivity contribution in [2.75, 3.05) is 4.98 Å². The molecule has 0 bridgehead atoms. The van der Waals surface area contributed by atoms with Gasteiger partial charge in [0, 0.05) is 16.6 Å². The number of aromatic nitrogens is 1. The molecule has 0 unspecified atom stereocenters. The molecule has 0 amide bonds. The molecular formula is C29H34N2Si. The molecule has 4 rings (SSSR count). The molecule has 0 atom stereocenters. The predicted octanol–water partition coefficient (Wildman–Crippen LogP) is 7.67. The number of benzene rings is 3. The number of para-hydroxylation sites is 1. The maximum absolute atomic E-state index is 5.21. The molecule has 1 aromatic heterocycles. The Labute approximate surface area is 193 Å². The smallest absolute Gasteiger partial charge is 0.200 e. The quantitative estimate of drug-likeness (QED) is 0.312. The zero-order valence-electron chi connectivity index (χ0n) is 20.1. The second kappa shape index (κ2) is 8.91. The van der Waals surface area contributed by atoms with Crippen molar-refractivity contribution in [3.8, 4) is 11.3 Å². The summed E-state index contributed by atoms with van der Waals surface area (Å²) in [4.78, 5) is 9.24. The maximum atomic E-state index is 5.21. The number of hydrogen-bond acceptors (Lipinski definition) is 2. The van der Waals surface area contributed by atoms with Gasteiger partial charge in [-0.25, -0.2) is 0 Å². The van der Waals surface area contributed by atoms with E-state index in [0.717, 1.165) is 5.69 Å². The van der Waals surface area contributed by atoms with Gasteiger partial charge < -0.3 is 4.98 Å². The molecule has 0 aliphatic heterocycles. The highest BCUT2D eigenvalue weighted by molar-refractivity contribution is 6.91. The molecule has 3 heteroatoms. The molecule has 3 aromatic carbocycles. The van der Waals surface area contributed by atoms with Crippen LogP contribution < -0.4 is 10.3 Å². The van der Waals surface area contributed by atoms with Crippen LogP contribution in [0.15, 0.2) is 78.9 Å². The largest absolute Gasteiger partial charge is 0.406 e. The molecule has 0 radical (unpaired) electrons. The summed E-state index contributed by atoms with van der Waals surface area (Å²) in [6.45, 7) is 13.8. The van der Waals surface area contributed by atoms with Crippen molar-refractivity contribution in [3.63, 3.8) is 0 Å². The van der Waals surface area contributed by atoms with Gasteiger partial charge in [-0.1, -0.05) is 94.4 Å². The number of anilines is 1. The van der Waals surface area contributed by atoms with E-state index >= 15 is 0 Å². The van der Waals surface area contributed by atoms with Crippen LogP contribution in [0.25, 0.3) is 22.0 Å². The van der Waals surface area contributed by atoms with Crippen LogP contribution in [0.4, 0.5) is 5.69 Å². The SMILES string of the molecule is CC(C)c1cccc(C(C)C)c1N[Si](C)(C)c1cccc(-c2cccc3ccccc23)n1. The van der Waals surface area contributed by atoms with E-state index in [1.807, 2.05) is 0 Å². The van der Waals surface area contributed by atoms with Crippen LogP contribution in [0.3, 0.4) is 0 Å². The minimum absolute atomic E-state index is 0.468. The van der Waals surface area contributed by atoms with E-state index in [0.29, 0.717) is 11.8 Å². The molecule has 1 N–H and O–H groups in total. The third kappa shape index (κ3) is 4.35. The van der Waals surface area contributed by atoms with E-state index in [1.54, 1.807) is 0 Å². The average molecular weight is 439 g/mol. The normalized spacial score (nSPS) is 12.0. The first-order chi connectivity index (χ1) is 15.3. The molecule has 164 valence electrons. The van der Waals surface area contributed by atoms with Crippen LogP contribution in [0.2, 0.25) is 13.1 Å². The highest BCUT2D eigenvalue weighted by atomic mass is 28.3. The number of nitrogens with zero attached hydrogens (tertiary/aromatic N) is 1. The highest BCUT2D eigenvalue weighted by Gasteiger charge is 2.29. The first kappa shape index (κ1) is 22.3. The number of pyridine rings is 1. The third-order valence-electron chi connectivity index (χ3n) is 6.27. The fourth-order valence-electron chi connectivity index (χ4n) is 4.45. The fourth-order valence-corrected chi connectivity index (χ4v) is 6.41. The Morgan fingerprint density at radius 3 is 1.97 bits per heavy atom. The Morgan fingerprint density at radius 1 is 0.688 bits per heavy atom. The molecule has 1 heterocycles. The van der Waals surface area contributed by atoms with Crippen molar-refractivity contribution >= 4 is 30.0 Å². The molecule has 0 spiro atoms. The highest BCUT2D eigenvalue weighted by Crippen LogP contribution is 2.34. The van der Waals surface area contributed by atoms with Crippen molar-refractivity contribution in [3.05, 3.63) is 90.0 Å². The lowest BCUT2D eigenvalue weighted by Crippen LogP contribution is -2.51. The van der Waals surface area contributed by atoms with Gasteiger partial charge in [-0.15, -0.1) is 0 Å². The average Bonchev–Trinajstić information content (AvgIpc) is 2.78. The number of hydrogen-bond donors (Lipinski definition) is 1. The van der Waals surface area contributed by atoms with Crippen LogP contribution in [0.5, 0.6) is 0 Å². The standard InChI is InChI=1S/C29H34N2Si/c1-20(2)23-15-10-16-24(21(3)4)29(23)31-32(5,6)28-19-11-18-27(30-28)26-17-9-13-22-12-7-8-14-25(22)26/h7-21,31H,1-6H3. The van der Waals surface area contributed by atoms with E-state index in [1.165, 1.54) is 38.5 Å². The Hall–Kier alpha value is -2.91. The minimum Gasteiger partial charge on any atom is -0.406 e. The topological polar surface area (TPSA) is 24.9 Å². The van der Waals surface area contributed by atoms with Crippen LogP contribution >= 0.6 is 0 Å². The Bertz CT molecular complexity index is 1210. The summed E-state index contributed by atoms with van der Waals surface area (Å²) in [7, 11) is -2.07. The molecule has 4 aromatic rings. The van der Waals surface area contributed by atoms with E-state index in [2.05, 4.69) is 125 Å². The lowest BCUT2D eigenvalue weighted by Gasteiger charge is -2.30. The lowest BCUT2D eigenvalue weighted by atomic mass is 9.93. The second-order valence-electron chi connectivity index (χ2n) is 9.81. The van der Waals surface area contributed by atoms with Crippen molar-refractivity contribution in [1.29, 1.82) is 0 Å². The first-order valence-corrected chi connectivity index (χ1v) is 14.6. The van der Waals surface area contributed by atoms with Gasteiger partial charge in [-0.3, -0.25) is 4.98 Å². The molecular weight excluding hydrogens is 404 g/mol. The molecule has 0 saturated carbocycles. The molecule has 0 fully saturated rings. The van der Waals surface area contributed by atoms with Crippen molar-refractivity contribution < 1.29 is 0 Å². The lowest BCUT2D eigenvalue weighted by molar-refractivity contribution is 0.839. The first-order valence-electron chi connectivity index (χ1n) is 11.6. The summed E-state index contributed by atoms with van der Waals surface area (Å²) >= 11 is 0. The Kier molecular flexibility index (Phi) is 6.21. The van der Waals surface area contributed by atoms with E-state index in [-0.39, 0.29) is 0 Å². The number of fused-ring (bicyclic) bond motifs is 1. The van der Waals surface area contributed by atoms with E-state index < -0.39 is 8.24 Å². The predicted molar refractivity (Wildman–Crippen MR) is 143 cm³/mol. The van der Waals surface area contributed by atoms with Gasteiger partial charge >= 0.3 is 0 Å². The van der Waals surface area contributed by atoms with Crippen LogP contribution in [0, 0.1) is 0 Å². The molecule has 0 aliphatic rings. The Morgan fingerprint density at radius 2 is 1.28 bits per heavy atom. The summed E-state index contributed by atoms with van der Waals surface area (Å²) < 4.78 is 0. The van der Waals surface area contributed by atoms with Crippen LogP contribution in [0.1, 0.15) is 50.7 Å². The van der Waals surface area contributed by atoms with Gasteiger partial charge in [0.1, 0.15) is 0 Å². The summed E-state index contributed by atoms with van der Waals surface area (Å²) in [5, 5.41) is 3.68. The van der Waals surface area contributed by atoms with E-state index in [9.17, 15) is 0 Å². The molecule has 32 heavy (non-hydrogen) atoms. The minimum atomic E-state index is -2.07. The van der Waals surface area contributed by atoms with Gasteiger partial charge in [-0.2, -0.15) is 0 Å². The monoisotopic (exact) mass is 438 g/mol. The van der Waals surface area contributed by atoms with Gasteiger partial charge in [0.25, 0.3) is 0 Å². The van der Waals surface area contributed by atoms with Gasteiger partial charge in [-0.05, 0) is 59.0 Å². The van der Waals surface area contributed by atoms with Crippen molar-refractivity contribution in [2.45, 2.75) is 52.6 Å². The van der Waals surface area contributed by atoms with Gasteiger partial charge in [0.2, 0.25) is 0 Å². The third-order valence-corrected chi connectivity index (χ3v) is 8.70. The Balaban J connectivity index is 1.77. The number of nitrogens with one attached hydrogen (secondary N) is 1. The van der Waals surface area contributed by atoms with Crippen LogP contribution in [-0.4, -0.2) is 13.2 Å². The molecule has 0 saturated heterocycles. The second-order valence-corrected chi connectivity index (χ2v) is 13.8. The zero-order valence-corrected chi connectivity index (χ0v) is 21.1. The maximum Gasteiger partial charge on any atom is 0.200 e. The zero-order chi connectivity index (χ0) is 22.9. The summed E-state index contributed by atoms with van der Waals surface area (Å²) in [5.74, 6) is 0.937.